The van der Waals surface area contributed by atoms with E-state index in [1.54, 1.807) is 0 Å². The van der Waals surface area contributed by atoms with Crippen LogP contribution in [-0.4, -0.2) is 30.3 Å². The lowest BCUT2D eigenvalue weighted by Crippen LogP contribution is -2.33. The first-order valence-corrected chi connectivity index (χ1v) is 4.20. The van der Waals surface area contributed by atoms with E-state index in [1.807, 2.05) is 0 Å². The van der Waals surface area contributed by atoms with Crippen molar-refractivity contribution in [3.8, 4) is 0 Å². The molecule has 2 nitrogen and oxygen atoms in total. The summed E-state index contributed by atoms with van der Waals surface area (Å²) in [6.45, 7) is 6.19. The molecule has 1 heterocycles. The largest absolute Gasteiger partial charge is 0.296 e. The zero-order chi connectivity index (χ0) is 8.10. The highest BCUT2D eigenvalue weighted by Crippen LogP contribution is 2.07. The number of hydrogen-bond donors (Lipinski definition) is 0. The molecule has 1 aliphatic rings. The maximum absolute atomic E-state index is 10.9. The molecule has 0 amide bonds. The molecule has 0 aromatic heterocycles. The van der Waals surface area contributed by atoms with E-state index in [9.17, 15) is 4.79 Å². The molecule has 1 fully saturated rings. The first-order chi connectivity index (χ1) is 5.33. The van der Waals surface area contributed by atoms with Crippen molar-refractivity contribution in [1.29, 1.82) is 0 Å². The normalized spacial score (nSPS) is 19.6. The van der Waals surface area contributed by atoms with Crippen molar-refractivity contribution in [2.24, 2.45) is 0 Å². The molecule has 1 aliphatic heterocycles. The third-order valence-corrected chi connectivity index (χ3v) is 2.06. The van der Waals surface area contributed by atoms with E-state index >= 15 is 0 Å². The van der Waals surface area contributed by atoms with Crippen LogP contribution in [0.15, 0.2) is 12.7 Å². The van der Waals surface area contributed by atoms with Crippen molar-refractivity contribution in [1.82, 2.24) is 4.90 Å². The molecule has 0 aromatic carbocycles. The molecule has 0 radical (unpaired) electrons. The molecule has 0 unspecified atom stereocenters. The maximum Gasteiger partial charge on any atom is 0.169 e. The molecule has 0 atom stereocenters. The number of likely N-dealkylation sites (tertiary alicyclic amines) is 1. The SMILES string of the molecule is C=CC(=O)CN1CCCCC1. The lowest BCUT2D eigenvalue weighted by molar-refractivity contribution is -0.115. The highest BCUT2D eigenvalue weighted by atomic mass is 16.1. The van der Waals surface area contributed by atoms with Gasteiger partial charge < -0.3 is 0 Å². The third-order valence-electron chi connectivity index (χ3n) is 2.06. The smallest absolute Gasteiger partial charge is 0.169 e. The minimum Gasteiger partial charge on any atom is -0.296 e. The molecule has 11 heavy (non-hydrogen) atoms. The van der Waals surface area contributed by atoms with E-state index in [1.165, 1.54) is 25.3 Å². The van der Waals surface area contributed by atoms with Crippen molar-refractivity contribution in [2.75, 3.05) is 19.6 Å². The van der Waals surface area contributed by atoms with Gasteiger partial charge in [-0.05, 0) is 32.0 Å². The van der Waals surface area contributed by atoms with Gasteiger partial charge in [0.1, 0.15) is 0 Å². The first-order valence-electron chi connectivity index (χ1n) is 4.20. The molecule has 0 aliphatic carbocycles. The number of ketones is 1. The van der Waals surface area contributed by atoms with Gasteiger partial charge in [-0.1, -0.05) is 13.0 Å². The van der Waals surface area contributed by atoms with Crippen molar-refractivity contribution in [2.45, 2.75) is 19.3 Å². The first kappa shape index (κ1) is 8.47. The van der Waals surface area contributed by atoms with E-state index in [0.29, 0.717) is 6.54 Å². The Kier molecular flexibility index (Phi) is 3.30. The molecular weight excluding hydrogens is 138 g/mol. The van der Waals surface area contributed by atoms with Gasteiger partial charge in [0.05, 0.1) is 6.54 Å². The lowest BCUT2D eigenvalue weighted by atomic mass is 10.1. The van der Waals surface area contributed by atoms with Gasteiger partial charge in [0.2, 0.25) is 0 Å². The van der Waals surface area contributed by atoms with E-state index in [2.05, 4.69) is 11.5 Å². The van der Waals surface area contributed by atoms with Crippen molar-refractivity contribution < 1.29 is 4.79 Å². The second-order valence-electron chi connectivity index (χ2n) is 3.01. The average Bonchev–Trinajstić information content (AvgIpc) is 2.06. The van der Waals surface area contributed by atoms with Gasteiger partial charge in [0.15, 0.2) is 5.78 Å². The van der Waals surface area contributed by atoms with Gasteiger partial charge >= 0.3 is 0 Å². The summed E-state index contributed by atoms with van der Waals surface area (Å²) in [6, 6.07) is 0. The van der Waals surface area contributed by atoms with Crippen LogP contribution in [0.3, 0.4) is 0 Å². The summed E-state index contributed by atoms with van der Waals surface area (Å²) in [5.74, 6) is 0.145. The van der Waals surface area contributed by atoms with Crippen molar-refractivity contribution in [3.05, 3.63) is 12.7 Å². The Hall–Kier alpha value is -0.630. The van der Waals surface area contributed by atoms with Crippen LogP contribution in [0.1, 0.15) is 19.3 Å². The standard InChI is InChI=1S/C9H15NO/c1-2-9(11)8-10-6-4-3-5-7-10/h2H,1,3-8H2. The van der Waals surface area contributed by atoms with Crippen LogP contribution >= 0.6 is 0 Å². The van der Waals surface area contributed by atoms with Crippen LogP contribution in [0.25, 0.3) is 0 Å². The molecule has 0 aromatic rings. The van der Waals surface area contributed by atoms with E-state index in [0.717, 1.165) is 13.1 Å². The topological polar surface area (TPSA) is 20.3 Å². The fraction of sp³-hybridized carbons (Fsp3) is 0.667. The fourth-order valence-electron chi connectivity index (χ4n) is 1.40. The number of carbonyl (C=O) groups is 1. The Morgan fingerprint density at radius 1 is 1.36 bits per heavy atom. The number of carbonyl (C=O) groups excluding carboxylic acids is 1. The van der Waals surface area contributed by atoms with Crippen LogP contribution in [0.4, 0.5) is 0 Å². The number of piperidine rings is 1. The predicted molar refractivity (Wildman–Crippen MR) is 45.5 cm³/mol. The van der Waals surface area contributed by atoms with E-state index in [-0.39, 0.29) is 5.78 Å². The highest BCUT2D eigenvalue weighted by molar-refractivity contribution is 5.90. The molecule has 2 heteroatoms. The molecule has 0 saturated carbocycles. The van der Waals surface area contributed by atoms with E-state index in [4.69, 9.17) is 0 Å². The van der Waals surface area contributed by atoms with Gasteiger partial charge in [-0.2, -0.15) is 0 Å². The predicted octanol–water partition coefficient (Wildman–Crippen LogP) is 1.23. The maximum atomic E-state index is 10.9. The third kappa shape index (κ3) is 2.85. The molecular formula is C9H15NO. The molecule has 1 rings (SSSR count). The second kappa shape index (κ2) is 4.29. The molecule has 0 spiro atoms. The second-order valence-corrected chi connectivity index (χ2v) is 3.01. The van der Waals surface area contributed by atoms with Crippen LogP contribution in [0, 0.1) is 0 Å². The summed E-state index contributed by atoms with van der Waals surface area (Å²) in [5.41, 5.74) is 0. The Morgan fingerprint density at radius 2 is 2.00 bits per heavy atom. The molecule has 1 saturated heterocycles. The minimum atomic E-state index is 0.145. The lowest BCUT2D eigenvalue weighted by Gasteiger charge is -2.24. The van der Waals surface area contributed by atoms with Crippen LogP contribution in [0.5, 0.6) is 0 Å². The van der Waals surface area contributed by atoms with Gasteiger partial charge in [0.25, 0.3) is 0 Å². The number of rotatable bonds is 3. The Morgan fingerprint density at radius 3 is 2.55 bits per heavy atom. The van der Waals surface area contributed by atoms with Gasteiger partial charge in [-0.3, -0.25) is 9.69 Å². The van der Waals surface area contributed by atoms with Crippen molar-refractivity contribution in [3.63, 3.8) is 0 Å². The average molecular weight is 153 g/mol. The summed E-state index contributed by atoms with van der Waals surface area (Å²) in [6.07, 6.45) is 5.21. The fourth-order valence-corrected chi connectivity index (χ4v) is 1.40. The monoisotopic (exact) mass is 153 g/mol. The highest BCUT2D eigenvalue weighted by Gasteiger charge is 2.11. The number of nitrogens with zero attached hydrogens (tertiary/aromatic N) is 1. The zero-order valence-corrected chi connectivity index (χ0v) is 6.88. The summed E-state index contributed by atoms with van der Waals surface area (Å²) in [7, 11) is 0. The Labute approximate surface area is 67.9 Å². The molecule has 0 bridgehead atoms. The summed E-state index contributed by atoms with van der Waals surface area (Å²) in [5, 5.41) is 0. The van der Waals surface area contributed by atoms with Gasteiger partial charge in [-0.15, -0.1) is 0 Å². The Balaban J connectivity index is 2.24. The minimum absolute atomic E-state index is 0.145. The molecule has 0 N–H and O–H groups in total. The van der Waals surface area contributed by atoms with Crippen LogP contribution in [-0.2, 0) is 4.79 Å². The zero-order valence-electron chi connectivity index (χ0n) is 6.88. The van der Waals surface area contributed by atoms with Crippen LogP contribution in [0.2, 0.25) is 0 Å². The number of hydrogen-bond acceptors (Lipinski definition) is 2. The molecule has 62 valence electrons. The quantitative estimate of drug-likeness (QED) is 0.568. The Bertz CT molecular complexity index is 148. The summed E-state index contributed by atoms with van der Waals surface area (Å²) in [4.78, 5) is 13.1. The van der Waals surface area contributed by atoms with Gasteiger partial charge in [0, 0.05) is 0 Å². The van der Waals surface area contributed by atoms with Crippen LogP contribution < -0.4 is 0 Å². The summed E-state index contributed by atoms with van der Waals surface area (Å²) < 4.78 is 0. The van der Waals surface area contributed by atoms with Gasteiger partial charge in [-0.25, -0.2) is 0 Å². The van der Waals surface area contributed by atoms with E-state index < -0.39 is 0 Å². The van der Waals surface area contributed by atoms with Crippen molar-refractivity contribution >= 4 is 5.78 Å². The summed E-state index contributed by atoms with van der Waals surface area (Å²) >= 11 is 0.